The van der Waals surface area contributed by atoms with Crippen molar-refractivity contribution in [2.75, 3.05) is 5.43 Å². The second-order valence-electron chi connectivity index (χ2n) is 4.32. The summed E-state index contributed by atoms with van der Waals surface area (Å²) in [6.45, 7) is 4.27. The van der Waals surface area contributed by atoms with Crippen molar-refractivity contribution < 1.29 is 4.92 Å². The molecule has 0 saturated carbocycles. The maximum Gasteiger partial charge on any atom is 0.274 e. The number of nitro benzene ring substituents is 1. The molecule has 0 unspecified atom stereocenters. The maximum absolute atomic E-state index is 11.0. The van der Waals surface area contributed by atoms with E-state index in [-0.39, 0.29) is 5.69 Å². The van der Waals surface area contributed by atoms with Crippen molar-refractivity contribution in [1.29, 1.82) is 0 Å². The van der Waals surface area contributed by atoms with E-state index < -0.39 is 4.92 Å². The number of hydrogen-bond donors (Lipinski definition) is 1. The fourth-order valence-electron chi connectivity index (χ4n) is 1.96. The lowest BCUT2D eigenvalue weighted by Gasteiger charge is -2.13. The van der Waals surface area contributed by atoms with E-state index in [4.69, 9.17) is 11.6 Å². The largest absolute Gasteiger partial charge is 0.321 e. The SMILES string of the molecule is Cc1ccc(C)n1NCc1cc(Cl)ccc1[N+](=O)[O-]. The summed E-state index contributed by atoms with van der Waals surface area (Å²) in [6, 6.07) is 8.52. The van der Waals surface area contributed by atoms with Gasteiger partial charge in [-0.15, -0.1) is 0 Å². The average molecular weight is 280 g/mol. The number of halogens is 1. The molecule has 0 aliphatic heterocycles. The van der Waals surface area contributed by atoms with Crippen molar-refractivity contribution in [2.24, 2.45) is 0 Å². The Bertz CT molecular complexity index is 603. The van der Waals surface area contributed by atoms with Crippen LogP contribution in [0.5, 0.6) is 0 Å². The number of hydrogen-bond acceptors (Lipinski definition) is 3. The molecule has 6 heteroatoms. The van der Waals surface area contributed by atoms with E-state index in [2.05, 4.69) is 5.43 Å². The first-order valence-electron chi connectivity index (χ1n) is 5.80. The zero-order valence-electron chi connectivity index (χ0n) is 10.7. The lowest BCUT2D eigenvalue weighted by atomic mass is 10.2. The van der Waals surface area contributed by atoms with Gasteiger partial charge >= 0.3 is 0 Å². The summed E-state index contributed by atoms with van der Waals surface area (Å²) in [5.41, 5.74) is 5.87. The third-order valence-corrected chi connectivity index (χ3v) is 3.17. The first-order chi connectivity index (χ1) is 8.99. The Kier molecular flexibility index (Phi) is 3.76. The third kappa shape index (κ3) is 2.88. The maximum atomic E-state index is 11.0. The third-order valence-electron chi connectivity index (χ3n) is 2.94. The van der Waals surface area contributed by atoms with Crippen LogP contribution in [0.4, 0.5) is 5.69 Å². The van der Waals surface area contributed by atoms with E-state index in [1.165, 1.54) is 12.1 Å². The van der Waals surface area contributed by atoms with E-state index in [9.17, 15) is 10.1 Å². The molecule has 5 nitrogen and oxygen atoms in total. The zero-order chi connectivity index (χ0) is 14.0. The topological polar surface area (TPSA) is 60.1 Å². The number of benzene rings is 1. The van der Waals surface area contributed by atoms with Crippen LogP contribution in [0.1, 0.15) is 17.0 Å². The molecule has 19 heavy (non-hydrogen) atoms. The average Bonchev–Trinajstić information content (AvgIpc) is 2.66. The number of aromatic nitrogens is 1. The first-order valence-corrected chi connectivity index (χ1v) is 6.18. The van der Waals surface area contributed by atoms with Crippen LogP contribution in [0, 0.1) is 24.0 Å². The highest BCUT2D eigenvalue weighted by molar-refractivity contribution is 6.30. The summed E-state index contributed by atoms with van der Waals surface area (Å²) in [7, 11) is 0. The van der Waals surface area contributed by atoms with Crippen molar-refractivity contribution in [2.45, 2.75) is 20.4 Å². The number of aryl methyl sites for hydroxylation is 2. The Morgan fingerprint density at radius 3 is 2.47 bits per heavy atom. The standard InChI is InChI=1S/C13H14ClN3O2/c1-9-3-4-10(2)16(9)15-8-11-7-12(14)5-6-13(11)17(18)19/h3-7,15H,8H2,1-2H3. The van der Waals surface area contributed by atoms with Crippen molar-refractivity contribution >= 4 is 17.3 Å². The first kappa shape index (κ1) is 13.4. The minimum absolute atomic E-state index is 0.0689. The Hall–Kier alpha value is -2.01. The fourth-order valence-corrected chi connectivity index (χ4v) is 2.15. The number of nitro groups is 1. The van der Waals surface area contributed by atoms with Crippen LogP contribution in [-0.4, -0.2) is 9.60 Å². The minimum Gasteiger partial charge on any atom is -0.321 e. The van der Waals surface area contributed by atoms with Gasteiger partial charge in [-0.2, -0.15) is 0 Å². The molecular weight excluding hydrogens is 266 g/mol. The summed E-state index contributed by atoms with van der Waals surface area (Å²) < 4.78 is 1.89. The molecule has 0 saturated heterocycles. The second kappa shape index (κ2) is 5.32. The van der Waals surface area contributed by atoms with Crippen LogP contribution >= 0.6 is 11.6 Å². The molecule has 0 fully saturated rings. The second-order valence-corrected chi connectivity index (χ2v) is 4.75. The number of nitrogens with one attached hydrogen (secondary N) is 1. The molecule has 1 aromatic carbocycles. The predicted octanol–water partition coefficient (Wildman–Crippen LogP) is 3.41. The van der Waals surface area contributed by atoms with E-state index in [0.29, 0.717) is 17.1 Å². The van der Waals surface area contributed by atoms with Gasteiger partial charge in [0.2, 0.25) is 0 Å². The molecule has 2 aromatic rings. The molecule has 1 heterocycles. The summed E-state index contributed by atoms with van der Waals surface area (Å²) in [5, 5.41) is 11.4. The molecule has 0 atom stereocenters. The van der Waals surface area contributed by atoms with Crippen LogP contribution in [0.15, 0.2) is 30.3 Å². The predicted molar refractivity (Wildman–Crippen MR) is 75.1 cm³/mol. The summed E-state index contributed by atoms with van der Waals surface area (Å²) in [6.07, 6.45) is 0. The number of rotatable bonds is 4. The van der Waals surface area contributed by atoms with Crippen LogP contribution in [0.2, 0.25) is 5.02 Å². The van der Waals surface area contributed by atoms with Gasteiger partial charge in [-0.1, -0.05) is 11.6 Å². The molecule has 0 bridgehead atoms. The van der Waals surface area contributed by atoms with Crippen molar-refractivity contribution in [1.82, 2.24) is 4.68 Å². The Morgan fingerprint density at radius 1 is 1.26 bits per heavy atom. The van der Waals surface area contributed by atoms with Gasteiger partial charge in [0.05, 0.1) is 17.0 Å². The fraction of sp³-hybridized carbons (Fsp3) is 0.231. The Balaban J connectivity index is 2.24. The highest BCUT2D eigenvalue weighted by Crippen LogP contribution is 2.23. The van der Waals surface area contributed by atoms with Gasteiger partial charge in [0.25, 0.3) is 5.69 Å². The summed E-state index contributed by atoms with van der Waals surface area (Å²) >= 11 is 5.89. The quantitative estimate of drug-likeness (QED) is 0.689. The molecule has 0 aliphatic carbocycles. The normalized spacial score (nSPS) is 10.5. The molecular formula is C13H14ClN3O2. The van der Waals surface area contributed by atoms with Gasteiger partial charge in [-0.25, -0.2) is 0 Å². The van der Waals surface area contributed by atoms with Gasteiger partial charge in [0, 0.05) is 22.5 Å². The summed E-state index contributed by atoms with van der Waals surface area (Å²) in [4.78, 5) is 10.6. The number of nitrogens with zero attached hydrogens (tertiary/aromatic N) is 2. The molecule has 0 spiro atoms. The van der Waals surface area contributed by atoms with E-state index in [1.54, 1.807) is 6.07 Å². The molecule has 0 radical (unpaired) electrons. The van der Waals surface area contributed by atoms with E-state index >= 15 is 0 Å². The van der Waals surface area contributed by atoms with Crippen LogP contribution in [0.25, 0.3) is 0 Å². The summed E-state index contributed by atoms with van der Waals surface area (Å²) in [5.74, 6) is 0. The van der Waals surface area contributed by atoms with Crippen LogP contribution in [-0.2, 0) is 6.54 Å². The van der Waals surface area contributed by atoms with Gasteiger partial charge < -0.3 is 5.43 Å². The van der Waals surface area contributed by atoms with Crippen molar-refractivity contribution in [3.05, 3.63) is 62.4 Å². The van der Waals surface area contributed by atoms with Crippen LogP contribution < -0.4 is 5.43 Å². The zero-order valence-corrected chi connectivity index (χ0v) is 11.4. The van der Waals surface area contributed by atoms with Gasteiger partial charge in [-0.05, 0) is 38.1 Å². The lowest BCUT2D eigenvalue weighted by Crippen LogP contribution is -2.17. The molecule has 0 amide bonds. The van der Waals surface area contributed by atoms with Crippen molar-refractivity contribution in [3.63, 3.8) is 0 Å². The Labute approximate surface area is 115 Å². The van der Waals surface area contributed by atoms with Crippen molar-refractivity contribution in [3.8, 4) is 0 Å². The van der Waals surface area contributed by atoms with Crippen LogP contribution in [0.3, 0.4) is 0 Å². The molecule has 1 aromatic heterocycles. The highest BCUT2D eigenvalue weighted by atomic mass is 35.5. The van der Waals surface area contributed by atoms with E-state index in [0.717, 1.165) is 11.4 Å². The van der Waals surface area contributed by atoms with Gasteiger partial charge in [-0.3, -0.25) is 14.8 Å². The molecule has 2 rings (SSSR count). The Morgan fingerprint density at radius 2 is 1.89 bits per heavy atom. The highest BCUT2D eigenvalue weighted by Gasteiger charge is 2.14. The monoisotopic (exact) mass is 279 g/mol. The van der Waals surface area contributed by atoms with Gasteiger partial charge in [0.15, 0.2) is 0 Å². The smallest absolute Gasteiger partial charge is 0.274 e. The van der Waals surface area contributed by atoms with E-state index in [1.807, 2.05) is 30.7 Å². The lowest BCUT2D eigenvalue weighted by molar-refractivity contribution is -0.385. The van der Waals surface area contributed by atoms with Gasteiger partial charge in [0.1, 0.15) is 0 Å². The molecule has 100 valence electrons. The minimum atomic E-state index is -0.400. The molecule has 0 aliphatic rings. The molecule has 1 N–H and O–H groups in total.